The fourth-order valence-electron chi connectivity index (χ4n) is 2.92. The summed E-state index contributed by atoms with van der Waals surface area (Å²) in [6.07, 6.45) is 0. The molecule has 1 N–H and O–H groups in total. The van der Waals surface area contributed by atoms with E-state index in [1.54, 1.807) is 0 Å². The standard InChI is InChI=1S/C16H37N3/c1-13(2)15(17-14(3)4)10-19(9)12-16(5,6)11-18(7)8/h13-15,17H,10-12H2,1-9H3. The van der Waals surface area contributed by atoms with E-state index < -0.39 is 0 Å². The van der Waals surface area contributed by atoms with Gasteiger partial charge in [-0.1, -0.05) is 41.5 Å². The number of rotatable bonds is 9. The summed E-state index contributed by atoms with van der Waals surface area (Å²) in [4.78, 5) is 4.75. The Kier molecular flexibility index (Phi) is 8.18. The van der Waals surface area contributed by atoms with E-state index in [9.17, 15) is 0 Å². The Labute approximate surface area is 121 Å². The highest BCUT2D eigenvalue weighted by atomic mass is 15.1. The molecule has 0 aromatic heterocycles. The number of nitrogens with one attached hydrogen (secondary N) is 1. The molecule has 0 aliphatic heterocycles. The van der Waals surface area contributed by atoms with E-state index in [0.717, 1.165) is 19.6 Å². The number of hydrogen-bond donors (Lipinski definition) is 1. The van der Waals surface area contributed by atoms with Gasteiger partial charge < -0.3 is 15.1 Å². The van der Waals surface area contributed by atoms with Crippen LogP contribution < -0.4 is 5.32 Å². The third-order valence-electron chi connectivity index (χ3n) is 3.30. The predicted octanol–water partition coefficient (Wildman–Crippen LogP) is 2.53. The van der Waals surface area contributed by atoms with Crippen molar-refractivity contribution in [2.45, 2.75) is 53.6 Å². The largest absolute Gasteiger partial charge is 0.310 e. The first-order chi connectivity index (χ1) is 8.53. The molecule has 0 radical (unpaired) electrons. The van der Waals surface area contributed by atoms with Gasteiger partial charge in [0.15, 0.2) is 0 Å². The Hall–Kier alpha value is -0.120. The summed E-state index contributed by atoms with van der Waals surface area (Å²) in [6, 6.07) is 1.12. The van der Waals surface area contributed by atoms with Crippen molar-refractivity contribution in [1.82, 2.24) is 15.1 Å². The Morgan fingerprint density at radius 2 is 1.47 bits per heavy atom. The Morgan fingerprint density at radius 1 is 0.947 bits per heavy atom. The first-order valence-electron chi connectivity index (χ1n) is 7.63. The molecule has 116 valence electrons. The van der Waals surface area contributed by atoms with E-state index in [1.165, 1.54) is 0 Å². The minimum atomic E-state index is 0.331. The van der Waals surface area contributed by atoms with Gasteiger partial charge >= 0.3 is 0 Å². The first-order valence-corrected chi connectivity index (χ1v) is 7.63. The van der Waals surface area contributed by atoms with Crippen LogP contribution in [0.2, 0.25) is 0 Å². The van der Waals surface area contributed by atoms with Crippen molar-refractivity contribution in [3.8, 4) is 0 Å². The van der Waals surface area contributed by atoms with Crippen molar-refractivity contribution >= 4 is 0 Å². The zero-order chi connectivity index (χ0) is 15.2. The number of nitrogens with zero attached hydrogens (tertiary/aromatic N) is 2. The summed E-state index contributed by atoms with van der Waals surface area (Å²) in [7, 11) is 6.55. The van der Waals surface area contributed by atoms with Gasteiger partial charge in [0.1, 0.15) is 0 Å². The SMILES string of the molecule is CC(C)NC(CN(C)CC(C)(C)CN(C)C)C(C)C. The molecule has 0 rings (SSSR count). The van der Waals surface area contributed by atoms with Crippen LogP contribution in [0.4, 0.5) is 0 Å². The topological polar surface area (TPSA) is 18.5 Å². The molecular weight excluding hydrogens is 234 g/mol. The van der Waals surface area contributed by atoms with Crippen molar-refractivity contribution in [3.63, 3.8) is 0 Å². The molecule has 19 heavy (non-hydrogen) atoms. The molecular formula is C16H37N3. The van der Waals surface area contributed by atoms with E-state index in [2.05, 4.69) is 77.8 Å². The molecule has 0 aliphatic rings. The Morgan fingerprint density at radius 3 is 1.84 bits per heavy atom. The minimum absolute atomic E-state index is 0.331. The number of hydrogen-bond acceptors (Lipinski definition) is 3. The molecule has 0 heterocycles. The average Bonchev–Trinajstić information content (AvgIpc) is 2.11. The molecule has 3 heteroatoms. The lowest BCUT2D eigenvalue weighted by Gasteiger charge is -2.36. The summed E-state index contributed by atoms with van der Waals surface area (Å²) in [5.41, 5.74) is 0.331. The quantitative estimate of drug-likeness (QED) is 0.695. The van der Waals surface area contributed by atoms with E-state index >= 15 is 0 Å². The van der Waals surface area contributed by atoms with Crippen LogP contribution in [-0.4, -0.2) is 62.7 Å². The normalized spacial score (nSPS) is 15.0. The van der Waals surface area contributed by atoms with Gasteiger partial charge in [0.2, 0.25) is 0 Å². The maximum Gasteiger partial charge on any atom is 0.0220 e. The minimum Gasteiger partial charge on any atom is -0.310 e. The summed E-state index contributed by atoms with van der Waals surface area (Å²) >= 11 is 0. The van der Waals surface area contributed by atoms with Crippen LogP contribution in [0.25, 0.3) is 0 Å². The molecule has 0 aromatic rings. The fourth-order valence-corrected chi connectivity index (χ4v) is 2.92. The molecule has 1 atom stereocenters. The first kappa shape index (κ1) is 18.9. The molecule has 1 unspecified atom stereocenters. The molecule has 0 aliphatic carbocycles. The van der Waals surface area contributed by atoms with Crippen LogP contribution in [0, 0.1) is 11.3 Å². The van der Waals surface area contributed by atoms with Crippen molar-refractivity contribution in [2.24, 2.45) is 11.3 Å². The average molecular weight is 271 g/mol. The lowest BCUT2D eigenvalue weighted by Crippen LogP contribution is -2.48. The van der Waals surface area contributed by atoms with Gasteiger partial charge in [-0.2, -0.15) is 0 Å². The molecule has 0 saturated heterocycles. The monoisotopic (exact) mass is 271 g/mol. The summed E-state index contributed by atoms with van der Waals surface area (Å²) in [6.45, 7) is 17.1. The third kappa shape index (κ3) is 9.42. The molecule has 0 aromatic carbocycles. The molecule has 0 saturated carbocycles. The zero-order valence-corrected chi connectivity index (χ0v) is 14.7. The van der Waals surface area contributed by atoms with Crippen molar-refractivity contribution in [1.29, 1.82) is 0 Å². The van der Waals surface area contributed by atoms with Gasteiger partial charge in [-0.05, 0) is 32.5 Å². The van der Waals surface area contributed by atoms with Gasteiger partial charge in [0.05, 0.1) is 0 Å². The van der Waals surface area contributed by atoms with Gasteiger partial charge in [0, 0.05) is 31.7 Å². The van der Waals surface area contributed by atoms with E-state index in [-0.39, 0.29) is 0 Å². The predicted molar refractivity (Wildman–Crippen MR) is 86.7 cm³/mol. The second-order valence-corrected chi connectivity index (χ2v) is 7.77. The Balaban J connectivity index is 4.36. The highest BCUT2D eigenvalue weighted by Crippen LogP contribution is 2.18. The van der Waals surface area contributed by atoms with Crippen LogP contribution in [-0.2, 0) is 0 Å². The van der Waals surface area contributed by atoms with Gasteiger partial charge in [-0.15, -0.1) is 0 Å². The molecule has 0 amide bonds. The molecule has 3 nitrogen and oxygen atoms in total. The zero-order valence-electron chi connectivity index (χ0n) is 14.7. The second-order valence-electron chi connectivity index (χ2n) is 7.77. The van der Waals surface area contributed by atoms with Crippen LogP contribution in [0.15, 0.2) is 0 Å². The Bertz CT molecular complexity index is 234. The third-order valence-corrected chi connectivity index (χ3v) is 3.30. The maximum atomic E-state index is 3.68. The van der Waals surface area contributed by atoms with Crippen molar-refractivity contribution < 1.29 is 0 Å². The van der Waals surface area contributed by atoms with E-state index in [1.807, 2.05) is 0 Å². The summed E-state index contributed by atoms with van der Waals surface area (Å²) < 4.78 is 0. The van der Waals surface area contributed by atoms with Crippen molar-refractivity contribution in [3.05, 3.63) is 0 Å². The molecule has 0 fully saturated rings. The number of likely N-dealkylation sites (N-methyl/N-ethyl adjacent to an activating group) is 1. The van der Waals surface area contributed by atoms with Crippen LogP contribution in [0.5, 0.6) is 0 Å². The molecule has 0 spiro atoms. The fraction of sp³-hybridized carbons (Fsp3) is 1.00. The summed E-state index contributed by atoms with van der Waals surface area (Å²) in [5, 5.41) is 3.68. The highest BCUT2D eigenvalue weighted by Gasteiger charge is 2.23. The molecule has 0 bridgehead atoms. The van der Waals surface area contributed by atoms with Crippen molar-refractivity contribution in [2.75, 3.05) is 40.8 Å². The van der Waals surface area contributed by atoms with E-state index in [0.29, 0.717) is 23.4 Å². The lowest BCUT2D eigenvalue weighted by atomic mass is 9.91. The van der Waals surface area contributed by atoms with Crippen LogP contribution in [0.3, 0.4) is 0 Å². The smallest absolute Gasteiger partial charge is 0.0220 e. The highest BCUT2D eigenvalue weighted by molar-refractivity contribution is 4.80. The van der Waals surface area contributed by atoms with Gasteiger partial charge in [-0.3, -0.25) is 0 Å². The summed E-state index contributed by atoms with van der Waals surface area (Å²) in [5.74, 6) is 0.668. The van der Waals surface area contributed by atoms with Crippen LogP contribution >= 0.6 is 0 Å². The van der Waals surface area contributed by atoms with E-state index in [4.69, 9.17) is 0 Å². The van der Waals surface area contributed by atoms with Gasteiger partial charge in [0.25, 0.3) is 0 Å². The van der Waals surface area contributed by atoms with Gasteiger partial charge in [-0.25, -0.2) is 0 Å². The lowest BCUT2D eigenvalue weighted by molar-refractivity contribution is 0.146. The second kappa shape index (κ2) is 8.23. The maximum absolute atomic E-state index is 3.68. The van der Waals surface area contributed by atoms with Crippen LogP contribution in [0.1, 0.15) is 41.5 Å².